The lowest BCUT2D eigenvalue weighted by Gasteiger charge is -2.28. The van der Waals surface area contributed by atoms with Crippen LogP contribution in [0.15, 0.2) is 35.7 Å². The highest BCUT2D eigenvalue weighted by Gasteiger charge is 2.29. The Morgan fingerprint density at radius 2 is 2.09 bits per heavy atom. The number of thiazole rings is 1. The summed E-state index contributed by atoms with van der Waals surface area (Å²) in [5.74, 6) is 1.44. The third kappa shape index (κ3) is 3.36. The molecule has 1 aromatic heterocycles. The number of anilines is 1. The Labute approximate surface area is 139 Å². The second kappa shape index (κ2) is 6.84. The van der Waals surface area contributed by atoms with Gasteiger partial charge in [-0.2, -0.15) is 11.8 Å². The van der Waals surface area contributed by atoms with Gasteiger partial charge < -0.3 is 0 Å². The lowest BCUT2D eigenvalue weighted by atomic mass is 9.98. The van der Waals surface area contributed by atoms with Crippen LogP contribution in [0.5, 0.6) is 0 Å². The molecule has 2 heterocycles. The summed E-state index contributed by atoms with van der Waals surface area (Å²) in [6.07, 6.45) is 1.96. The van der Waals surface area contributed by atoms with Gasteiger partial charge in [-0.05, 0) is 18.6 Å². The van der Waals surface area contributed by atoms with E-state index in [2.05, 4.69) is 11.9 Å². The van der Waals surface area contributed by atoms with Crippen molar-refractivity contribution in [3.8, 4) is 11.3 Å². The van der Waals surface area contributed by atoms with Crippen molar-refractivity contribution in [1.82, 2.24) is 4.98 Å². The van der Waals surface area contributed by atoms with Crippen molar-refractivity contribution in [3.63, 3.8) is 0 Å². The standard InChI is InChI=1S/C17H20N2OS2/c1-12-10-14(8-9-21-12)16(20)19(2)17-18-15(11-22-17)13-6-4-3-5-7-13/h3-7,11-12,14H,8-10H2,1-2H3. The van der Waals surface area contributed by atoms with E-state index in [1.165, 1.54) is 11.3 Å². The van der Waals surface area contributed by atoms with Gasteiger partial charge in [-0.25, -0.2) is 4.98 Å². The fourth-order valence-corrected chi connectivity index (χ4v) is 4.75. The molecule has 0 bridgehead atoms. The number of hydrogen-bond acceptors (Lipinski definition) is 4. The molecule has 1 amide bonds. The molecule has 2 aromatic rings. The fourth-order valence-electron chi connectivity index (χ4n) is 2.75. The van der Waals surface area contributed by atoms with Crippen molar-refractivity contribution in [2.75, 3.05) is 17.7 Å². The minimum atomic E-state index is 0.144. The van der Waals surface area contributed by atoms with Gasteiger partial charge in [0, 0.05) is 29.2 Å². The van der Waals surface area contributed by atoms with Crippen LogP contribution in [0, 0.1) is 5.92 Å². The summed E-state index contributed by atoms with van der Waals surface area (Å²) < 4.78 is 0. The zero-order valence-corrected chi connectivity index (χ0v) is 14.5. The monoisotopic (exact) mass is 332 g/mol. The van der Waals surface area contributed by atoms with Gasteiger partial charge in [0.15, 0.2) is 5.13 Å². The first kappa shape index (κ1) is 15.6. The predicted octanol–water partition coefficient (Wildman–Crippen LogP) is 4.30. The first-order chi connectivity index (χ1) is 10.6. The van der Waals surface area contributed by atoms with Crippen molar-refractivity contribution in [3.05, 3.63) is 35.7 Å². The molecule has 0 spiro atoms. The van der Waals surface area contributed by atoms with E-state index >= 15 is 0 Å². The zero-order valence-electron chi connectivity index (χ0n) is 12.9. The largest absolute Gasteiger partial charge is 0.291 e. The van der Waals surface area contributed by atoms with Crippen LogP contribution >= 0.6 is 23.1 Å². The Morgan fingerprint density at radius 1 is 1.32 bits per heavy atom. The maximum Gasteiger partial charge on any atom is 0.231 e. The molecular weight excluding hydrogens is 312 g/mol. The molecule has 0 aliphatic carbocycles. The van der Waals surface area contributed by atoms with Crippen molar-refractivity contribution in [2.45, 2.75) is 25.0 Å². The van der Waals surface area contributed by atoms with Gasteiger partial charge in [0.05, 0.1) is 5.69 Å². The van der Waals surface area contributed by atoms with E-state index in [-0.39, 0.29) is 11.8 Å². The quantitative estimate of drug-likeness (QED) is 0.840. The Morgan fingerprint density at radius 3 is 2.82 bits per heavy atom. The Balaban J connectivity index is 1.74. The molecule has 1 aliphatic heterocycles. The van der Waals surface area contributed by atoms with Gasteiger partial charge >= 0.3 is 0 Å². The second-order valence-electron chi connectivity index (χ2n) is 5.68. The summed E-state index contributed by atoms with van der Waals surface area (Å²) in [7, 11) is 1.85. The fraction of sp³-hybridized carbons (Fsp3) is 0.412. The van der Waals surface area contributed by atoms with Gasteiger partial charge in [0.1, 0.15) is 0 Å². The van der Waals surface area contributed by atoms with Crippen LogP contribution in [0.3, 0.4) is 0 Å². The molecule has 2 atom stereocenters. The van der Waals surface area contributed by atoms with Crippen LogP contribution in [0.1, 0.15) is 19.8 Å². The highest BCUT2D eigenvalue weighted by molar-refractivity contribution is 7.99. The molecule has 0 saturated carbocycles. The molecule has 3 rings (SSSR count). The highest BCUT2D eigenvalue weighted by Crippen LogP contribution is 2.33. The van der Waals surface area contributed by atoms with E-state index in [4.69, 9.17) is 0 Å². The number of hydrogen-bond donors (Lipinski definition) is 0. The van der Waals surface area contributed by atoms with Crippen LogP contribution in [0.25, 0.3) is 11.3 Å². The molecule has 22 heavy (non-hydrogen) atoms. The van der Waals surface area contributed by atoms with Crippen LogP contribution in [0.4, 0.5) is 5.13 Å². The van der Waals surface area contributed by atoms with Crippen LogP contribution < -0.4 is 4.90 Å². The average Bonchev–Trinajstić information content (AvgIpc) is 3.04. The van der Waals surface area contributed by atoms with Crippen molar-refractivity contribution < 1.29 is 4.79 Å². The molecule has 1 saturated heterocycles. The van der Waals surface area contributed by atoms with Crippen LogP contribution in [0.2, 0.25) is 0 Å². The van der Waals surface area contributed by atoms with Gasteiger partial charge in [-0.1, -0.05) is 37.3 Å². The Kier molecular flexibility index (Phi) is 4.84. The summed E-state index contributed by atoms with van der Waals surface area (Å²) in [5.41, 5.74) is 2.03. The molecule has 1 aromatic carbocycles. The first-order valence-electron chi connectivity index (χ1n) is 7.55. The van der Waals surface area contributed by atoms with Crippen LogP contribution in [-0.2, 0) is 4.79 Å². The first-order valence-corrected chi connectivity index (χ1v) is 9.48. The van der Waals surface area contributed by atoms with Gasteiger partial charge in [0.25, 0.3) is 0 Å². The smallest absolute Gasteiger partial charge is 0.231 e. The maximum atomic E-state index is 12.7. The average molecular weight is 332 g/mol. The Bertz CT molecular complexity index is 641. The van der Waals surface area contributed by atoms with Crippen molar-refractivity contribution in [1.29, 1.82) is 0 Å². The SMILES string of the molecule is CC1CC(C(=O)N(C)c2nc(-c3ccccc3)cs2)CCS1. The number of benzene rings is 1. The number of amides is 1. The predicted molar refractivity (Wildman–Crippen MR) is 95.6 cm³/mol. The normalized spacial score (nSPS) is 21.5. The third-order valence-electron chi connectivity index (χ3n) is 4.01. The maximum absolute atomic E-state index is 12.7. The molecule has 0 radical (unpaired) electrons. The number of rotatable bonds is 3. The topological polar surface area (TPSA) is 33.2 Å². The molecule has 116 valence electrons. The van der Waals surface area contributed by atoms with Gasteiger partial charge in [-0.3, -0.25) is 9.69 Å². The number of nitrogens with zero attached hydrogens (tertiary/aromatic N) is 2. The number of carbonyl (C=O) groups excluding carboxylic acids is 1. The molecular formula is C17H20N2OS2. The number of carbonyl (C=O) groups is 1. The van der Waals surface area contributed by atoms with Gasteiger partial charge in [-0.15, -0.1) is 11.3 Å². The number of thioether (sulfide) groups is 1. The van der Waals surface area contributed by atoms with E-state index < -0.39 is 0 Å². The minimum Gasteiger partial charge on any atom is -0.291 e. The van der Waals surface area contributed by atoms with Gasteiger partial charge in [0.2, 0.25) is 5.91 Å². The molecule has 3 nitrogen and oxygen atoms in total. The molecule has 2 unspecified atom stereocenters. The molecule has 0 N–H and O–H groups in total. The summed E-state index contributed by atoms with van der Waals surface area (Å²) >= 11 is 3.50. The van der Waals surface area contributed by atoms with Crippen LogP contribution in [-0.4, -0.2) is 28.9 Å². The van der Waals surface area contributed by atoms with E-state index in [9.17, 15) is 4.79 Å². The van der Waals surface area contributed by atoms with Crippen molar-refractivity contribution in [2.24, 2.45) is 5.92 Å². The summed E-state index contributed by atoms with van der Waals surface area (Å²) in [4.78, 5) is 19.0. The lowest BCUT2D eigenvalue weighted by Crippen LogP contribution is -2.36. The molecule has 5 heteroatoms. The van der Waals surface area contributed by atoms with E-state index in [1.807, 2.05) is 54.5 Å². The van der Waals surface area contributed by atoms with E-state index in [1.54, 1.807) is 4.90 Å². The second-order valence-corrected chi connectivity index (χ2v) is 8.06. The van der Waals surface area contributed by atoms with E-state index in [0.29, 0.717) is 5.25 Å². The number of aromatic nitrogens is 1. The lowest BCUT2D eigenvalue weighted by molar-refractivity contribution is -0.122. The van der Waals surface area contributed by atoms with Crippen molar-refractivity contribution >= 4 is 34.1 Å². The minimum absolute atomic E-state index is 0.144. The Hall–Kier alpha value is -1.33. The third-order valence-corrected chi connectivity index (χ3v) is 6.16. The molecule has 1 fully saturated rings. The summed E-state index contributed by atoms with van der Waals surface area (Å²) in [6, 6.07) is 10.1. The highest BCUT2D eigenvalue weighted by atomic mass is 32.2. The summed E-state index contributed by atoms with van der Waals surface area (Å²) in [5, 5.41) is 3.38. The zero-order chi connectivity index (χ0) is 15.5. The summed E-state index contributed by atoms with van der Waals surface area (Å²) in [6.45, 7) is 2.21. The van der Waals surface area contributed by atoms with E-state index in [0.717, 1.165) is 35.0 Å². The molecule has 1 aliphatic rings.